The van der Waals surface area contributed by atoms with Crippen LogP contribution in [0.2, 0.25) is 10.0 Å². The van der Waals surface area contributed by atoms with E-state index in [1.165, 1.54) is 0 Å². The molecule has 0 bridgehead atoms. The first kappa shape index (κ1) is 15.1. The van der Waals surface area contributed by atoms with E-state index in [0.717, 1.165) is 5.56 Å². The fourth-order valence-electron chi connectivity index (χ4n) is 2.45. The summed E-state index contributed by atoms with van der Waals surface area (Å²) in [7, 11) is 0. The molecule has 0 saturated heterocycles. The lowest BCUT2D eigenvalue weighted by Crippen LogP contribution is -2.34. The highest BCUT2D eigenvalue weighted by molar-refractivity contribution is 6.42. The van der Waals surface area contributed by atoms with Crippen molar-refractivity contribution < 1.29 is 14.7 Å². The molecular formula is C14H15Cl2NO3. The third-order valence-electron chi connectivity index (χ3n) is 3.50. The van der Waals surface area contributed by atoms with Crippen LogP contribution in [0.25, 0.3) is 0 Å². The number of carbonyl (C=O) groups is 2. The molecule has 2 N–H and O–H groups in total. The second-order valence-electron chi connectivity index (χ2n) is 5.04. The topological polar surface area (TPSA) is 66.4 Å². The lowest BCUT2D eigenvalue weighted by molar-refractivity contribution is -0.141. The molecule has 2 rings (SSSR count). The molecule has 6 heteroatoms. The van der Waals surface area contributed by atoms with Crippen molar-refractivity contribution in [2.45, 2.75) is 31.7 Å². The van der Waals surface area contributed by atoms with Crippen LogP contribution in [0.1, 0.15) is 24.8 Å². The van der Waals surface area contributed by atoms with Crippen molar-refractivity contribution in [2.75, 3.05) is 0 Å². The van der Waals surface area contributed by atoms with Gasteiger partial charge in [0.2, 0.25) is 5.91 Å². The van der Waals surface area contributed by atoms with E-state index in [4.69, 9.17) is 28.3 Å². The van der Waals surface area contributed by atoms with E-state index >= 15 is 0 Å². The summed E-state index contributed by atoms with van der Waals surface area (Å²) in [4.78, 5) is 22.8. The Hall–Kier alpha value is -1.26. The molecule has 2 unspecified atom stereocenters. The molecule has 1 amide bonds. The quantitative estimate of drug-likeness (QED) is 0.897. The van der Waals surface area contributed by atoms with Crippen LogP contribution < -0.4 is 5.32 Å². The number of carbonyl (C=O) groups excluding carboxylic acids is 1. The van der Waals surface area contributed by atoms with Gasteiger partial charge in [-0.1, -0.05) is 29.3 Å². The molecule has 0 radical (unpaired) electrons. The summed E-state index contributed by atoms with van der Waals surface area (Å²) in [5, 5.41) is 12.7. The summed E-state index contributed by atoms with van der Waals surface area (Å²) in [5.74, 6) is -1.25. The van der Waals surface area contributed by atoms with Gasteiger partial charge in [0.15, 0.2) is 0 Å². The first-order valence-corrected chi connectivity index (χ1v) is 7.17. The monoisotopic (exact) mass is 315 g/mol. The van der Waals surface area contributed by atoms with Crippen LogP contribution in [0.4, 0.5) is 0 Å². The van der Waals surface area contributed by atoms with Gasteiger partial charge in [-0.2, -0.15) is 0 Å². The molecule has 1 aliphatic rings. The third kappa shape index (κ3) is 3.87. The van der Waals surface area contributed by atoms with Gasteiger partial charge in [0.1, 0.15) is 0 Å². The van der Waals surface area contributed by atoms with Crippen LogP contribution in [0.15, 0.2) is 18.2 Å². The molecule has 4 nitrogen and oxygen atoms in total. The molecule has 1 aromatic carbocycles. The minimum Gasteiger partial charge on any atom is -0.481 e. The molecule has 2 atom stereocenters. The average molecular weight is 316 g/mol. The number of carboxylic acids is 1. The standard InChI is InChI=1S/C14H15Cl2NO3/c15-11-4-1-8(5-12(11)16)6-13(18)17-10-3-2-9(7-10)14(19)20/h1,4-5,9-10H,2-3,6-7H2,(H,17,18)(H,19,20). The Morgan fingerprint density at radius 2 is 2.00 bits per heavy atom. The lowest BCUT2D eigenvalue weighted by Gasteiger charge is -2.12. The molecular weight excluding hydrogens is 301 g/mol. The summed E-state index contributed by atoms with van der Waals surface area (Å²) in [6, 6.07) is 5.02. The Balaban J connectivity index is 1.87. The molecule has 108 valence electrons. The molecule has 1 fully saturated rings. The molecule has 20 heavy (non-hydrogen) atoms. The van der Waals surface area contributed by atoms with E-state index in [-0.39, 0.29) is 24.3 Å². The minimum atomic E-state index is -0.786. The Morgan fingerprint density at radius 3 is 2.60 bits per heavy atom. The smallest absolute Gasteiger partial charge is 0.306 e. The maximum Gasteiger partial charge on any atom is 0.306 e. The van der Waals surface area contributed by atoms with Gasteiger partial charge >= 0.3 is 5.97 Å². The molecule has 1 aliphatic carbocycles. The average Bonchev–Trinajstić information content (AvgIpc) is 2.82. The van der Waals surface area contributed by atoms with Gasteiger partial charge in [-0.3, -0.25) is 9.59 Å². The number of aliphatic carboxylic acids is 1. The lowest BCUT2D eigenvalue weighted by atomic mass is 10.1. The van der Waals surface area contributed by atoms with Gasteiger partial charge in [0.25, 0.3) is 0 Å². The molecule has 1 saturated carbocycles. The molecule has 1 aromatic rings. The summed E-state index contributed by atoms with van der Waals surface area (Å²) in [6.07, 6.45) is 2.05. The van der Waals surface area contributed by atoms with Crippen LogP contribution >= 0.6 is 23.2 Å². The zero-order chi connectivity index (χ0) is 14.7. The van der Waals surface area contributed by atoms with Crippen molar-refractivity contribution in [2.24, 2.45) is 5.92 Å². The summed E-state index contributed by atoms with van der Waals surface area (Å²) in [6.45, 7) is 0. The van der Waals surface area contributed by atoms with Crippen molar-refractivity contribution >= 4 is 35.1 Å². The van der Waals surface area contributed by atoms with Crippen LogP contribution in [0, 0.1) is 5.92 Å². The predicted octanol–water partition coefficient (Wildman–Crippen LogP) is 2.91. The highest BCUT2D eigenvalue weighted by Gasteiger charge is 2.30. The van der Waals surface area contributed by atoms with E-state index in [1.807, 2.05) is 0 Å². The van der Waals surface area contributed by atoms with Gasteiger partial charge in [-0.25, -0.2) is 0 Å². The summed E-state index contributed by atoms with van der Waals surface area (Å²) < 4.78 is 0. The van der Waals surface area contributed by atoms with Crippen molar-refractivity contribution in [3.05, 3.63) is 33.8 Å². The second kappa shape index (κ2) is 6.46. The van der Waals surface area contributed by atoms with Gasteiger partial charge in [0.05, 0.1) is 22.4 Å². The SMILES string of the molecule is O=C(Cc1ccc(Cl)c(Cl)c1)NC1CCC(C(=O)O)C1. The molecule has 0 aliphatic heterocycles. The number of carboxylic acid groups (broad SMARTS) is 1. The van der Waals surface area contributed by atoms with E-state index in [0.29, 0.717) is 29.3 Å². The van der Waals surface area contributed by atoms with Crippen LogP contribution in [0.3, 0.4) is 0 Å². The number of benzene rings is 1. The van der Waals surface area contributed by atoms with Crippen molar-refractivity contribution in [3.8, 4) is 0 Å². The third-order valence-corrected chi connectivity index (χ3v) is 4.23. The summed E-state index contributed by atoms with van der Waals surface area (Å²) >= 11 is 11.7. The Bertz CT molecular complexity index is 533. The van der Waals surface area contributed by atoms with E-state index < -0.39 is 5.97 Å². The Morgan fingerprint density at radius 1 is 1.25 bits per heavy atom. The zero-order valence-electron chi connectivity index (χ0n) is 10.7. The summed E-state index contributed by atoms with van der Waals surface area (Å²) in [5.41, 5.74) is 0.782. The number of amides is 1. The van der Waals surface area contributed by atoms with E-state index in [2.05, 4.69) is 5.32 Å². The normalized spacial score (nSPS) is 21.7. The maximum absolute atomic E-state index is 11.9. The molecule has 0 aromatic heterocycles. The van der Waals surface area contributed by atoms with Gasteiger partial charge in [-0.05, 0) is 37.0 Å². The molecule has 0 spiro atoms. The van der Waals surface area contributed by atoms with Gasteiger partial charge in [0, 0.05) is 6.04 Å². The number of halogens is 2. The van der Waals surface area contributed by atoms with Crippen LogP contribution in [-0.2, 0) is 16.0 Å². The fraction of sp³-hybridized carbons (Fsp3) is 0.429. The number of nitrogens with one attached hydrogen (secondary N) is 1. The maximum atomic E-state index is 11.9. The minimum absolute atomic E-state index is 0.0497. The predicted molar refractivity (Wildman–Crippen MR) is 77.1 cm³/mol. The Labute approximate surface area is 127 Å². The van der Waals surface area contributed by atoms with Crippen molar-refractivity contribution in [1.29, 1.82) is 0 Å². The fourth-order valence-corrected chi connectivity index (χ4v) is 2.77. The second-order valence-corrected chi connectivity index (χ2v) is 5.85. The number of hydrogen-bond donors (Lipinski definition) is 2. The van der Waals surface area contributed by atoms with Gasteiger partial charge < -0.3 is 10.4 Å². The van der Waals surface area contributed by atoms with Crippen molar-refractivity contribution in [3.63, 3.8) is 0 Å². The van der Waals surface area contributed by atoms with Crippen LogP contribution in [-0.4, -0.2) is 23.0 Å². The Kier molecular flexibility index (Phi) is 4.89. The van der Waals surface area contributed by atoms with Crippen LogP contribution in [0.5, 0.6) is 0 Å². The highest BCUT2D eigenvalue weighted by Crippen LogP contribution is 2.26. The van der Waals surface area contributed by atoms with Gasteiger partial charge in [-0.15, -0.1) is 0 Å². The highest BCUT2D eigenvalue weighted by atomic mass is 35.5. The van der Waals surface area contributed by atoms with Crippen molar-refractivity contribution in [1.82, 2.24) is 5.32 Å². The number of rotatable bonds is 4. The van der Waals surface area contributed by atoms with E-state index in [9.17, 15) is 9.59 Å². The first-order chi connectivity index (χ1) is 9.45. The van der Waals surface area contributed by atoms with E-state index in [1.54, 1.807) is 18.2 Å². The first-order valence-electron chi connectivity index (χ1n) is 6.42. The largest absolute Gasteiger partial charge is 0.481 e. The zero-order valence-corrected chi connectivity index (χ0v) is 12.2. The number of hydrogen-bond acceptors (Lipinski definition) is 2. The molecule has 0 heterocycles.